The van der Waals surface area contributed by atoms with Crippen LogP contribution in [0.3, 0.4) is 0 Å². The summed E-state index contributed by atoms with van der Waals surface area (Å²) in [7, 11) is 0. The number of anilines is 2. The SMILES string of the molecule is Cc1cccc(N)c1NC(=O)c1ccc(C(F)(F)F)cc1. The first-order valence-electron chi connectivity index (χ1n) is 6.13. The normalized spacial score (nSPS) is 11.2. The Kier molecular flexibility index (Phi) is 3.88. The Morgan fingerprint density at radius 2 is 1.71 bits per heavy atom. The minimum absolute atomic E-state index is 0.130. The Balaban J connectivity index is 2.21. The molecule has 0 aliphatic rings. The molecule has 6 heteroatoms. The van der Waals surface area contributed by atoms with E-state index in [1.165, 1.54) is 0 Å². The van der Waals surface area contributed by atoms with Crippen molar-refractivity contribution in [2.45, 2.75) is 13.1 Å². The fourth-order valence-electron chi connectivity index (χ4n) is 1.86. The zero-order chi connectivity index (χ0) is 15.6. The molecular formula is C15H13F3N2O. The Hall–Kier alpha value is -2.50. The zero-order valence-corrected chi connectivity index (χ0v) is 11.2. The van der Waals surface area contributed by atoms with Gasteiger partial charge in [0.2, 0.25) is 0 Å². The van der Waals surface area contributed by atoms with Crippen molar-refractivity contribution in [2.75, 3.05) is 11.1 Å². The summed E-state index contributed by atoms with van der Waals surface area (Å²) in [6.07, 6.45) is -4.42. The number of para-hydroxylation sites is 1. The predicted molar refractivity (Wildman–Crippen MR) is 75.0 cm³/mol. The van der Waals surface area contributed by atoms with E-state index in [0.717, 1.165) is 29.8 Å². The lowest BCUT2D eigenvalue weighted by Crippen LogP contribution is -2.14. The number of hydrogen-bond donors (Lipinski definition) is 2. The Morgan fingerprint density at radius 3 is 2.24 bits per heavy atom. The number of alkyl halides is 3. The maximum atomic E-state index is 12.5. The lowest BCUT2D eigenvalue weighted by molar-refractivity contribution is -0.137. The minimum atomic E-state index is -4.42. The Morgan fingerprint density at radius 1 is 1.10 bits per heavy atom. The van der Waals surface area contributed by atoms with Crippen molar-refractivity contribution >= 4 is 17.3 Å². The van der Waals surface area contributed by atoms with Gasteiger partial charge in [0.1, 0.15) is 0 Å². The van der Waals surface area contributed by atoms with Gasteiger partial charge in [-0.05, 0) is 42.8 Å². The Bertz CT molecular complexity index is 643. The molecule has 3 N–H and O–H groups in total. The van der Waals surface area contributed by atoms with E-state index in [1.807, 2.05) is 0 Å². The molecule has 2 rings (SSSR count). The van der Waals surface area contributed by atoms with Crippen molar-refractivity contribution in [1.29, 1.82) is 0 Å². The molecule has 2 aromatic carbocycles. The van der Waals surface area contributed by atoms with E-state index < -0.39 is 17.6 Å². The van der Waals surface area contributed by atoms with Crippen molar-refractivity contribution in [3.63, 3.8) is 0 Å². The molecule has 0 aromatic heterocycles. The monoisotopic (exact) mass is 294 g/mol. The molecule has 2 aromatic rings. The standard InChI is InChI=1S/C15H13F3N2O/c1-9-3-2-4-12(19)13(9)20-14(21)10-5-7-11(8-6-10)15(16,17)18/h2-8H,19H2,1H3,(H,20,21). The summed E-state index contributed by atoms with van der Waals surface area (Å²) >= 11 is 0. The largest absolute Gasteiger partial charge is 0.416 e. The summed E-state index contributed by atoms with van der Waals surface area (Å²) in [6, 6.07) is 9.16. The lowest BCUT2D eigenvalue weighted by Gasteiger charge is -2.12. The molecule has 0 saturated carbocycles. The minimum Gasteiger partial charge on any atom is -0.397 e. The molecule has 0 heterocycles. The second kappa shape index (κ2) is 5.47. The van der Waals surface area contributed by atoms with Crippen molar-refractivity contribution in [1.82, 2.24) is 0 Å². The van der Waals surface area contributed by atoms with Crippen LogP contribution in [0.15, 0.2) is 42.5 Å². The van der Waals surface area contributed by atoms with E-state index >= 15 is 0 Å². The van der Waals surface area contributed by atoms with E-state index in [-0.39, 0.29) is 5.56 Å². The number of carbonyl (C=O) groups excluding carboxylic acids is 1. The van der Waals surface area contributed by atoms with Crippen LogP contribution in [0.25, 0.3) is 0 Å². The summed E-state index contributed by atoms with van der Waals surface area (Å²) in [5.41, 5.74) is 6.73. The van der Waals surface area contributed by atoms with Crippen LogP contribution < -0.4 is 11.1 Å². The van der Waals surface area contributed by atoms with E-state index in [9.17, 15) is 18.0 Å². The smallest absolute Gasteiger partial charge is 0.397 e. The summed E-state index contributed by atoms with van der Waals surface area (Å²) in [5, 5.41) is 2.61. The van der Waals surface area contributed by atoms with E-state index in [4.69, 9.17) is 5.73 Å². The van der Waals surface area contributed by atoms with E-state index in [1.54, 1.807) is 25.1 Å². The second-order valence-electron chi connectivity index (χ2n) is 4.57. The molecule has 0 unspecified atom stereocenters. The van der Waals surface area contributed by atoms with Gasteiger partial charge in [-0.2, -0.15) is 13.2 Å². The molecule has 3 nitrogen and oxygen atoms in total. The molecule has 0 fully saturated rings. The number of nitrogens with two attached hydrogens (primary N) is 1. The van der Waals surface area contributed by atoms with Gasteiger partial charge in [-0.3, -0.25) is 4.79 Å². The van der Waals surface area contributed by atoms with Gasteiger partial charge in [0.05, 0.1) is 16.9 Å². The number of nitrogens with one attached hydrogen (secondary N) is 1. The average Bonchev–Trinajstić information content (AvgIpc) is 2.42. The van der Waals surface area contributed by atoms with Crippen LogP contribution in [-0.4, -0.2) is 5.91 Å². The Labute approximate surface area is 119 Å². The number of nitrogen functional groups attached to an aromatic ring is 1. The molecule has 0 spiro atoms. The number of amides is 1. The third kappa shape index (κ3) is 3.34. The molecule has 1 amide bonds. The van der Waals surface area contributed by atoms with Gasteiger partial charge < -0.3 is 11.1 Å². The van der Waals surface area contributed by atoms with Gasteiger partial charge in [-0.15, -0.1) is 0 Å². The van der Waals surface area contributed by atoms with Crippen LogP contribution in [0.5, 0.6) is 0 Å². The highest BCUT2D eigenvalue weighted by Gasteiger charge is 2.30. The van der Waals surface area contributed by atoms with Crippen LogP contribution in [0.1, 0.15) is 21.5 Å². The third-order valence-corrected chi connectivity index (χ3v) is 3.02. The zero-order valence-electron chi connectivity index (χ0n) is 11.2. The van der Waals surface area contributed by atoms with Crippen molar-refractivity contribution in [3.8, 4) is 0 Å². The van der Waals surface area contributed by atoms with Crippen molar-refractivity contribution in [3.05, 3.63) is 59.2 Å². The van der Waals surface area contributed by atoms with Crippen LogP contribution in [0.2, 0.25) is 0 Å². The van der Waals surface area contributed by atoms with Crippen LogP contribution in [0.4, 0.5) is 24.5 Å². The number of benzene rings is 2. The summed E-state index contributed by atoms with van der Waals surface area (Å²) in [4.78, 5) is 12.0. The molecule has 0 aliphatic heterocycles. The highest BCUT2D eigenvalue weighted by molar-refractivity contribution is 6.06. The van der Waals surface area contributed by atoms with E-state index in [0.29, 0.717) is 11.4 Å². The van der Waals surface area contributed by atoms with Crippen LogP contribution in [0, 0.1) is 6.92 Å². The average molecular weight is 294 g/mol. The first-order chi connectivity index (χ1) is 9.79. The fourth-order valence-corrected chi connectivity index (χ4v) is 1.86. The lowest BCUT2D eigenvalue weighted by atomic mass is 10.1. The first-order valence-corrected chi connectivity index (χ1v) is 6.13. The third-order valence-electron chi connectivity index (χ3n) is 3.02. The van der Waals surface area contributed by atoms with Gasteiger partial charge in [0, 0.05) is 5.56 Å². The molecule has 0 radical (unpaired) electrons. The van der Waals surface area contributed by atoms with Gasteiger partial charge in [-0.1, -0.05) is 12.1 Å². The molecular weight excluding hydrogens is 281 g/mol. The molecule has 0 atom stereocenters. The molecule has 0 saturated heterocycles. The molecule has 21 heavy (non-hydrogen) atoms. The quantitative estimate of drug-likeness (QED) is 0.827. The maximum absolute atomic E-state index is 12.5. The van der Waals surface area contributed by atoms with Crippen molar-refractivity contribution < 1.29 is 18.0 Å². The summed E-state index contributed by atoms with van der Waals surface area (Å²) < 4.78 is 37.4. The van der Waals surface area contributed by atoms with Gasteiger partial charge in [-0.25, -0.2) is 0 Å². The predicted octanol–water partition coefficient (Wildman–Crippen LogP) is 3.85. The highest BCUT2D eigenvalue weighted by Crippen LogP contribution is 2.29. The van der Waals surface area contributed by atoms with Gasteiger partial charge >= 0.3 is 6.18 Å². The number of hydrogen-bond acceptors (Lipinski definition) is 2. The second-order valence-corrected chi connectivity index (χ2v) is 4.57. The van der Waals surface area contributed by atoms with E-state index in [2.05, 4.69) is 5.32 Å². The van der Waals surface area contributed by atoms with Gasteiger partial charge in [0.15, 0.2) is 0 Å². The van der Waals surface area contributed by atoms with Crippen LogP contribution in [-0.2, 0) is 6.18 Å². The number of aryl methyl sites for hydroxylation is 1. The number of carbonyl (C=O) groups is 1. The summed E-state index contributed by atoms with van der Waals surface area (Å²) in [6.45, 7) is 1.78. The molecule has 0 aliphatic carbocycles. The highest BCUT2D eigenvalue weighted by atomic mass is 19.4. The van der Waals surface area contributed by atoms with Crippen LogP contribution >= 0.6 is 0 Å². The topological polar surface area (TPSA) is 55.1 Å². The molecule has 0 bridgehead atoms. The summed E-state index contributed by atoms with van der Waals surface area (Å²) in [5.74, 6) is -0.510. The van der Waals surface area contributed by atoms with Crippen molar-refractivity contribution in [2.24, 2.45) is 0 Å². The fraction of sp³-hybridized carbons (Fsp3) is 0.133. The number of rotatable bonds is 2. The van der Waals surface area contributed by atoms with Gasteiger partial charge in [0.25, 0.3) is 5.91 Å². The maximum Gasteiger partial charge on any atom is 0.416 e. The number of halogens is 3. The first kappa shape index (κ1) is 14.9. The molecule has 110 valence electrons.